The number of rotatable bonds is 3. The van der Waals surface area contributed by atoms with Crippen LogP contribution in [0.15, 0.2) is 195 Å². The molecule has 0 fully saturated rings. The summed E-state index contributed by atoms with van der Waals surface area (Å²) in [5.41, 5.74) is 40.4. The Morgan fingerprint density at radius 1 is 0.358 bits per heavy atom. The van der Waals surface area contributed by atoms with Gasteiger partial charge in [-0.3, -0.25) is 35.9 Å². The third kappa shape index (κ3) is 10.0. The number of aromatic nitrogens is 16. The van der Waals surface area contributed by atoms with Crippen molar-refractivity contribution in [3.05, 3.63) is 261 Å². The summed E-state index contributed by atoms with van der Waals surface area (Å²) >= 11 is 0. The normalized spacial score (nSPS) is 15.7. The highest BCUT2D eigenvalue weighted by atomic mass is 15.3. The van der Waals surface area contributed by atoms with Gasteiger partial charge in [-0.05, 0) is 232 Å². The molecule has 16 nitrogen and oxygen atoms in total. The molecule has 0 saturated carbocycles. The topological polar surface area (TPSA) is 104 Å². The third-order valence-electron chi connectivity index (χ3n) is 27.0. The van der Waals surface area contributed by atoms with Crippen LogP contribution < -0.4 is 18.3 Å². The Kier molecular flexibility index (Phi) is 14.8. The van der Waals surface area contributed by atoms with Crippen molar-refractivity contribution in [3.63, 3.8) is 0 Å². The number of imidazole rings is 8. The van der Waals surface area contributed by atoms with Crippen LogP contribution in [0.1, 0.15) is 188 Å². The molecule has 24 rings (SSSR count). The number of nitrogens with zero attached hydrogens (tertiary/aromatic N) is 16. The SMILES string of the molecule is Cc1cc[n+](C)c2c1C(C)(C)n1c3c-2c(C)ccc3n2c3ccccc3nc12.[2H]C(C)(C)c1cc2c([n+](C)c1)-c1c(C)ccc3c1n(c1nc4ccccc4n31)C2(C)C.[2H]C(C)(C)c1cc[n+](C)c2c1C(C)(C)n1c3c-2c(C)ccc3n2c3ccccc3nc12.[2H]C([2H])(c1cc2c([n+](C)c1)-c1c(C)ccc3c1n(c1nc4ccccc4n31)C2(C)C)C(C)(C)C. The van der Waals surface area contributed by atoms with E-state index in [0.29, 0.717) is 5.56 Å². The molecular formula is C104H108N16+4. The number of pyridine rings is 4. The minimum atomic E-state index is -1.48. The molecule has 12 aromatic heterocycles. The molecule has 0 unspecified atom stereocenters. The minimum absolute atomic E-state index is 0.205. The lowest BCUT2D eigenvalue weighted by Crippen LogP contribution is -2.41. The van der Waals surface area contributed by atoms with E-state index in [1.807, 2.05) is 72.9 Å². The van der Waals surface area contributed by atoms with Gasteiger partial charge >= 0.3 is 0 Å². The van der Waals surface area contributed by atoms with Crippen LogP contribution in [0.5, 0.6) is 0 Å². The molecule has 0 N–H and O–H groups in total. The Bertz CT molecular complexity index is 8150. The van der Waals surface area contributed by atoms with Gasteiger partial charge in [-0.15, -0.1) is 0 Å². The van der Waals surface area contributed by atoms with Crippen LogP contribution in [0.4, 0.5) is 0 Å². The molecule has 0 saturated heterocycles. The number of hydrogen-bond donors (Lipinski definition) is 0. The standard InChI is InChI=1S/C28H31N4.2C26H27N4.C24H23N4/c1-17-12-13-22-25-23(17)24-19(14-18(16-30(24)7)15-27(2,3)4)28(5,6)32(25)26-29-20-10-8-9-11-21(20)31(22)26;1-15(2)17-13-18-23(28(6)14-17)22-16(3)11-12-21-24(22)30(26(18,4)5)25-27-19-9-7-8-10-20(19)29(21)25;1-15(2)17-13-14-28(6)24-21-16(3)11-12-20-23(21)30(26(4,5)22(17)24)25-27-18-9-7-8-10-19(18)29(20)25;1-14-10-11-18-21-19(14)22-20(15(2)12-13-26(22)5)24(3,4)28(21)23-25-16-8-6-7-9-17(16)27(18)23/h8-14,16H,15H2,1-7H3;2*7-15H,1-6H3;6-13H,1-5H3/q4*+1/i15D2;2*15D;. The average molecular weight is 1590 g/mol. The molecule has 4 aliphatic heterocycles. The zero-order chi connectivity index (χ0) is 87.5. The van der Waals surface area contributed by atoms with Crippen LogP contribution in [-0.4, -0.2) is 55.8 Å². The summed E-state index contributed by atoms with van der Waals surface area (Å²) in [6.07, 6.45) is 6.92. The second-order valence-electron chi connectivity index (χ2n) is 38.0. The molecule has 0 amide bonds. The van der Waals surface area contributed by atoms with Gasteiger partial charge < -0.3 is 0 Å². The van der Waals surface area contributed by atoms with Crippen molar-refractivity contribution in [2.75, 3.05) is 0 Å². The van der Waals surface area contributed by atoms with Crippen molar-refractivity contribution < 1.29 is 23.8 Å². The van der Waals surface area contributed by atoms with Crippen molar-refractivity contribution in [2.45, 2.75) is 179 Å². The fourth-order valence-corrected chi connectivity index (χ4v) is 21.7. The molecule has 16 heterocycles. The molecule has 8 aromatic carbocycles. The van der Waals surface area contributed by atoms with Crippen LogP contribution >= 0.6 is 0 Å². The van der Waals surface area contributed by atoms with E-state index < -0.39 is 29.1 Å². The predicted molar refractivity (Wildman–Crippen MR) is 488 cm³/mol. The first-order valence-electron chi connectivity index (χ1n) is 44.3. The van der Waals surface area contributed by atoms with Gasteiger partial charge in [0.1, 0.15) is 28.2 Å². The molecule has 20 aromatic rings. The Labute approximate surface area is 705 Å². The summed E-state index contributed by atoms with van der Waals surface area (Å²) in [5.74, 6) is 2.49. The van der Waals surface area contributed by atoms with Crippen molar-refractivity contribution in [3.8, 4) is 45.0 Å². The van der Waals surface area contributed by atoms with Crippen LogP contribution in [0.2, 0.25) is 0 Å². The Hall–Kier alpha value is -12.6. The molecule has 0 spiro atoms. The maximum Gasteiger partial charge on any atom is 0.220 e. The smallest absolute Gasteiger partial charge is 0.220 e. The zero-order valence-electron chi connectivity index (χ0n) is 77.6. The molecule has 0 atom stereocenters. The summed E-state index contributed by atoms with van der Waals surface area (Å²) in [6, 6.07) is 59.9. The Morgan fingerprint density at radius 2 is 0.683 bits per heavy atom. The second-order valence-corrected chi connectivity index (χ2v) is 38.0. The highest BCUT2D eigenvalue weighted by Gasteiger charge is 2.48. The maximum absolute atomic E-state index is 8.97. The molecule has 0 aliphatic carbocycles. The molecule has 16 heteroatoms. The largest absolute Gasteiger partial charge is 0.299 e. The van der Waals surface area contributed by atoms with E-state index in [-0.39, 0.29) is 16.6 Å². The van der Waals surface area contributed by atoms with Crippen LogP contribution in [0.25, 0.3) is 156 Å². The molecule has 600 valence electrons. The van der Waals surface area contributed by atoms with E-state index in [0.717, 1.165) is 89.6 Å². The van der Waals surface area contributed by atoms with Gasteiger partial charge in [0, 0.05) is 28.7 Å². The van der Waals surface area contributed by atoms with Gasteiger partial charge in [-0.25, -0.2) is 38.2 Å². The number of hydrogen-bond acceptors (Lipinski definition) is 4. The zero-order valence-corrected chi connectivity index (χ0v) is 73.6. The molecule has 0 radical (unpaired) electrons. The highest BCUT2D eigenvalue weighted by molar-refractivity contribution is 6.06. The molecular weight excluding hydrogens is 1470 g/mol. The first-order chi connectivity index (χ1) is 58.5. The quantitative estimate of drug-likeness (QED) is 0.164. The summed E-state index contributed by atoms with van der Waals surface area (Å²) < 4.78 is 63.2. The lowest BCUT2D eigenvalue weighted by atomic mass is 9.79. The third-order valence-corrected chi connectivity index (χ3v) is 27.0. The Balaban J connectivity index is 0.000000102. The maximum atomic E-state index is 8.97. The first kappa shape index (κ1) is 70.5. The van der Waals surface area contributed by atoms with Gasteiger partial charge in [-0.2, -0.15) is 0 Å². The lowest BCUT2D eigenvalue weighted by molar-refractivity contribution is -0.661. The van der Waals surface area contributed by atoms with Gasteiger partial charge in [-0.1, -0.05) is 121 Å². The fourth-order valence-electron chi connectivity index (χ4n) is 21.7. The average Bonchev–Trinajstić information content (AvgIpc) is 1.50. The van der Waals surface area contributed by atoms with Gasteiger partial charge in [0.15, 0.2) is 24.8 Å². The van der Waals surface area contributed by atoms with E-state index in [2.05, 4.69) is 343 Å². The van der Waals surface area contributed by atoms with E-state index in [4.69, 9.17) is 25.4 Å². The summed E-state index contributed by atoms with van der Waals surface area (Å²) in [4.78, 5) is 20.3. The van der Waals surface area contributed by atoms with E-state index in [1.165, 1.54) is 128 Å². The molecule has 0 bridgehead atoms. The first-order valence-corrected chi connectivity index (χ1v) is 42.3. The second kappa shape index (κ2) is 25.3. The predicted octanol–water partition coefficient (Wildman–Crippen LogP) is 21.5. The molecule has 120 heavy (non-hydrogen) atoms. The lowest BCUT2D eigenvalue weighted by Gasteiger charge is -2.35. The Morgan fingerprint density at radius 3 is 1.05 bits per heavy atom. The van der Waals surface area contributed by atoms with Gasteiger partial charge in [0.2, 0.25) is 45.9 Å². The number of para-hydroxylation sites is 8. The number of fused-ring (bicyclic) bond motifs is 28. The monoisotopic (exact) mass is 1580 g/mol. The summed E-state index contributed by atoms with van der Waals surface area (Å²) in [6.45, 7) is 42.9. The van der Waals surface area contributed by atoms with Crippen molar-refractivity contribution in [1.82, 2.24) is 55.8 Å². The van der Waals surface area contributed by atoms with Crippen molar-refractivity contribution >= 4 is 111 Å². The van der Waals surface area contributed by atoms with Crippen molar-refractivity contribution in [2.24, 2.45) is 33.6 Å². The van der Waals surface area contributed by atoms with Crippen molar-refractivity contribution in [1.29, 1.82) is 0 Å². The van der Waals surface area contributed by atoms with Crippen LogP contribution in [-0.2, 0) is 56.7 Å². The van der Waals surface area contributed by atoms with Crippen LogP contribution in [0.3, 0.4) is 0 Å². The van der Waals surface area contributed by atoms with E-state index in [9.17, 15) is 0 Å². The highest BCUT2D eigenvalue weighted by Crippen LogP contribution is 2.54. The number of benzene rings is 8. The summed E-state index contributed by atoms with van der Waals surface area (Å²) in [5, 5.41) is 0. The van der Waals surface area contributed by atoms with Gasteiger partial charge in [0.25, 0.3) is 0 Å². The molecule has 4 aliphatic rings. The summed E-state index contributed by atoms with van der Waals surface area (Å²) in [7, 11) is 8.44. The van der Waals surface area contributed by atoms with Crippen LogP contribution in [0, 0.1) is 40.0 Å². The fraction of sp³-hybridized carbons (Fsp3) is 0.308. The van der Waals surface area contributed by atoms with E-state index in [1.54, 1.807) is 0 Å². The number of aryl methyl sites for hydroxylation is 9. The minimum Gasteiger partial charge on any atom is -0.299 e. The van der Waals surface area contributed by atoms with Gasteiger partial charge in [0.05, 0.1) is 155 Å². The van der Waals surface area contributed by atoms with E-state index >= 15 is 0 Å².